The van der Waals surface area contributed by atoms with E-state index in [9.17, 15) is 35.9 Å². The number of likely N-dealkylation sites (tertiary alicyclic amines) is 1. The smallest absolute Gasteiger partial charge is 0.338 e. The lowest BCUT2D eigenvalue weighted by Crippen LogP contribution is -2.24. The fourth-order valence-corrected chi connectivity index (χ4v) is 3.13. The molecule has 30 heavy (non-hydrogen) atoms. The van der Waals surface area contributed by atoms with Crippen LogP contribution in [0.25, 0.3) is 0 Å². The highest BCUT2D eigenvalue weighted by Crippen LogP contribution is 2.37. The predicted molar refractivity (Wildman–Crippen MR) is 95.5 cm³/mol. The number of nitrogens with one attached hydrogen (secondary N) is 1. The summed E-state index contributed by atoms with van der Waals surface area (Å²) in [4.78, 5) is 25.8. The minimum atomic E-state index is -5.01. The monoisotopic (exact) mass is 430 g/mol. The van der Waals surface area contributed by atoms with Crippen LogP contribution in [-0.2, 0) is 23.7 Å². The molecule has 1 N–H and O–H groups in total. The van der Waals surface area contributed by atoms with Crippen LogP contribution in [0.15, 0.2) is 42.5 Å². The van der Waals surface area contributed by atoms with E-state index in [0.717, 1.165) is 6.42 Å². The number of halogens is 6. The van der Waals surface area contributed by atoms with Crippen molar-refractivity contribution >= 4 is 17.5 Å². The third-order valence-electron chi connectivity index (χ3n) is 4.58. The maximum atomic E-state index is 13.0. The van der Waals surface area contributed by atoms with Crippen molar-refractivity contribution in [3.05, 3.63) is 64.7 Å². The molecule has 1 saturated heterocycles. The summed E-state index contributed by atoms with van der Waals surface area (Å²) in [6.45, 7) is 0.849. The van der Waals surface area contributed by atoms with E-state index in [1.165, 1.54) is 18.2 Å². The molecule has 10 heteroatoms. The summed E-state index contributed by atoms with van der Waals surface area (Å²) in [5.41, 5.74) is -2.99. The first-order chi connectivity index (χ1) is 13.9. The van der Waals surface area contributed by atoms with Crippen molar-refractivity contribution in [3.8, 4) is 0 Å². The quantitative estimate of drug-likeness (QED) is 0.687. The van der Waals surface area contributed by atoms with E-state index in [1.54, 1.807) is 11.0 Å². The zero-order valence-electron chi connectivity index (χ0n) is 15.4. The summed E-state index contributed by atoms with van der Waals surface area (Å²) < 4.78 is 77.8. The molecule has 0 radical (unpaired) electrons. The van der Waals surface area contributed by atoms with Crippen LogP contribution in [0.2, 0.25) is 0 Å². The summed E-state index contributed by atoms with van der Waals surface area (Å²) in [6, 6.07) is 6.90. The van der Waals surface area contributed by atoms with Gasteiger partial charge in [0, 0.05) is 30.8 Å². The summed E-state index contributed by atoms with van der Waals surface area (Å²) in [6.07, 6.45) is -8.85. The Balaban J connectivity index is 1.83. The summed E-state index contributed by atoms with van der Waals surface area (Å²) >= 11 is 0. The van der Waals surface area contributed by atoms with Gasteiger partial charge < -0.3 is 10.2 Å². The zero-order chi connectivity index (χ0) is 22.1. The highest BCUT2D eigenvalue weighted by molar-refractivity contribution is 6.04. The molecule has 2 amide bonds. The number of amides is 2. The van der Waals surface area contributed by atoms with Gasteiger partial charge in [0.15, 0.2) is 0 Å². The maximum absolute atomic E-state index is 13.0. The van der Waals surface area contributed by atoms with Crippen LogP contribution in [0.5, 0.6) is 0 Å². The van der Waals surface area contributed by atoms with Crippen molar-refractivity contribution in [2.75, 3.05) is 11.9 Å². The van der Waals surface area contributed by atoms with Gasteiger partial charge in [0.2, 0.25) is 5.91 Å². The SMILES string of the molecule is O=C(Nc1cc(C(F)(F)F)cc(C(F)(F)F)c1)c1cccc(CN2CCCC2=O)c1. The molecule has 0 spiro atoms. The first-order valence-corrected chi connectivity index (χ1v) is 8.91. The van der Waals surface area contributed by atoms with Crippen LogP contribution in [0.1, 0.15) is 39.9 Å². The van der Waals surface area contributed by atoms with Crippen LogP contribution < -0.4 is 5.32 Å². The molecule has 2 aromatic rings. The minimum Gasteiger partial charge on any atom is -0.338 e. The van der Waals surface area contributed by atoms with Gasteiger partial charge in [-0.15, -0.1) is 0 Å². The molecule has 1 aliphatic heterocycles. The third kappa shape index (κ3) is 5.11. The van der Waals surface area contributed by atoms with Gasteiger partial charge in [0.1, 0.15) is 0 Å². The van der Waals surface area contributed by atoms with Gasteiger partial charge in [0.25, 0.3) is 5.91 Å². The van der Waals surface area contributed by atoms with Crippen LogP contribution in [0.4, 0.5) is 32.0 Å². The van der Waals surface area contributed by atoms with E-state index in [0.29, 0.717) is 30.7 Å². The van der Waals surface area contributed by atoms with E-state index in [4.69, 9.17) is 0 Å². The number of rotatable bonds is 4. The van der Waals surface area contributed by atoms with Gasteiger partial charge in [-0.05, 0) is 42.3 Å². The van der Waals surface area contributed by atoms with Crippen molar-refractivity contribution < 1.29 is 35.9 Å². The molecule has 160 valence electrons. The highest BCUT2D eigenvalue weighted by Gasteiger charge is 2.37. The van der Waals surface area contributed by atoms with Crippen LogP contribution >= 0.6 is 0 Å². The molecule has 1 heterocycles. The van der Waals surface area contributed by atoms with E-state index in [2.05, 4.69) is 5.32 Å². The molecule has 1 fully saturated rings. The Bertz CT molecular complexity index is 936. The lowest BCUT2D eigenvalue weighted by Gasteiger charge is -2.16. The molecule has 0 bridgehead atoms. The summed E-state index contributed by atoms with van der Waals surface area (Å²) in [7, 11) is 0. The normalized spacial score (nSPS) is 14.9. The first kappa shape index (κ1) is 21.7. The Labute approximate surface area is 167 Å². The Hall–Kier alpha value is -3.04. The Morgan fingerprint density at radius 3 is 2.13 bits per heavy atom. The summed E-state index contributed by atoms with van der Waals surface area (Å²) in [5.74, 6) is -0.884. The second-order valence-corrected chi connectivity index (χ2v) is 6.87. The Morgan fingerprint density at radius 2 is 1.60 bits per heavy atom. The van der Waals surface area contributed by atoms with Gasteiger partial charge in [0.05, 0.1) is 11.1 Å². The molecule has 0 saturated carbocycles. The van der Waals surface area contributed by atoms with Gasteiger partial charge in [-0.1, -0.05) is 12.1 Å². The van der Waals surface area contributed by atoms with Crippen molar-refractivity contribution in [1.29, 1.82) is 0 Å². The van der Waals surface area contributed by atoms with Gasteiger partial charge in [-0.3, -0.25) is 9.59 Å². The number of carbonyl (C=O) groups excluding carboxylic acids is 2. The van der Waals surface area contributed by atoms with Crippen LogP contribution in [0, 0.1) is 0 Å². The van der Waals surface area contributed by atoms with Crippen molar-refractivity contribution in [2.45, 2.75) is 31.7 Å². The fourth-order valence-electron chi connectivity index (χ4n) is 3.13. The average Bonchev–Trinajstić information content (AvgIpc) is 3.05. The van der Waals surface area contributed by atoms with E-state index >= 15 is 0 Å². The Kier molecular flexibility index (Phi) is 5.78. The number of nitrogens with zero attached hydrogens (tertiary/aromatic N) is 1. The van der Waals surface area contributed by atoms with Crippen molar-refractivity contribution in [1.82, 2.24) is 4.90 Å². The molecule has 2 aromatic carbocycles. The molecular formula is C20H16F6N2O2. The molecule has 0 aromatic heterocycles. The topological polar surface area (TPSA) is 49.4 Å². The zero-order valence-corrected chi connectivity index (χ0v) is 15.4. The number of benzene rings is 2. The molecule has 3 rings (SSSR count). The minimum absolute atomic E-state index is 0.0106. The van der Waals surface area contributed by atoms with Crippen LogP contribution in [0.3, 0.4) is 0 Å². The third-order valence-corrected chi connectivity index (χ3v) is 4.58. The predicted octanol–water partition coefficient (Wildman–Crippen LogP) is 5.10. The maximum Gasteiger partial charge on any atom is 0.416 e. The standard InChI is InChI=1S/C20H16F6N2O2/c21-19(22,23)14-8-15(20(24,25)26)10-16(9-14)27-18(30)13-4-1-3-12(7-13)11-28-6-2-5-17(28)29/h1,3-4,7-10H,2,5-6,11H2,(H,27,30). The number of anilines is 1. The Morgan fingerprint density at radius 1 is 0.967 bits per heavy atom. The number of hydrogen-bond acceptors (Lipinski definition) is 2. The second-order valence-electron chi connectivity index (χ2n) is 6.87. The van der Waals surface area contributed by atoms with Gasteiger partial charge >= 0.3 is 12.4 Å². The second kappa shape index (κ2) is 8.00. The van der Waals surface area contributed by atoms with Gasteiger partial charge in [-0.25, -0.2) is 0 Å². The first-order valence-electron chi connectivity index (χ1n) is 8.91. The lowest BCUT2D eigenvalue weighted by molar-refractivity contribution is -0.143. The molecule has 1 aliphatic rings. The van der Waals surface area contributed by atoms with Crippen molar-refractivity contribution in [3.63, 3.8) is 0 Å². The number of hydrogen-bond donors (Lipinski definition) is 1. The van der Waals surface area contributed by atoms with E-state index < -0.39 is 35.1 Å². The molecule has 0 unspecified atom stereocenters. The van der Waals surface area contributed by atoms with Crippen molar-refractivity contribution in [2.24, 2.45) is 0 Å². The number of carbonyl (C=O) groups is 2. The largest absolute Gasteiger partial charge is 0.416 e. The summed E-state index contributed by atoms with van der Waals surface area (Å²) in [5, 5.41) is 2.09. The average molecular weight is 430 g/mol. The fraction of sp³-hybridized carbons (Fsp3) is 0.300. The van der Waals surface area contributed by atoms with Crippen LogP contribution in [-0.4, -0.2) is 23.3 Å². The molecule has 0 aliphatic carbocycles. The molecule has 0 atom stereocenters. The molecular weight excluding hydrogens is 414 g/mol. The highest BCUT2D eigenvalue weighted by atomic mass is 19.4. The molecule has 4 nitrogen and oxygen atoms in total. The lowest BCUT2D eigenvalue weighted by atomic mass is 10.1. The van der Waals surface area contributed by atoms with E-state index in [1.807, 2.05) is 0 Å². The van der Waals surface area contributed by atoms with E-state index in [-0.39, 0.29) is 24.1 Å². The number of alkyl halides is 6. The van der Waals surface area contributed by atoms with Gasteiger partial charge in [-0.2, -0.15) is 26.3 Å².